The zero-order chi connectivity index (χ0) is 17.9. The SMILES string of the molecule is COc1ccc(S(=O)(=O)N(C)c2ccc(OC)c(OC)c2)cc1Br. The van der Waals surface area contributed by atoms with Gasteiger partial charge in [-0.1, -0.05) is 0 Å². The molecule has 0 atom stereocenters. The summed E-state index contributed by atoms with van der Waals surface area (Å²) in [5, 5.41) is 0. The third-order valence-electron chi connectivity index (χ3n) is 3.51. The second-order valence-electron chi connectivity index (χ2n) is 4.81. The second kappa shape index (κ2) is 7.31. The van der Waals surface area contributed by atoms with Gasteiger partial charge in [-0.2, -0.15) is 0 Å². The molecule has 0 aliphatic carbocycles. The molecular weight excluding hydrogens is 398 g/mol. The van der Waals surface area contributed by atoms with Crippen LogP contribution in [0.15, 0.2) is 45.8 Å². The number of hydrogen-bond acceptors (Lipinski definition) is 5. The van der Waals surface area contributed by atoms with Crippen LogP contribution in [0.25, 0.3) is 0 Å². The molecule has 0 amide bonds. The van der Waals surface area contributed by atoms with Crippen molar-refractivity contribution in [1.29, 1.82) is 0 Å². The van der Waals surface area contributed by atoms with Crippen LogP contribution >= 0.6 is 15.9 Å². The molecular formula is C16H18BrNO5S. The summed E-state index contributed by atoms with van der Waals surface area (Å²) in [6.45, 7) is 0. The van der Waals surface area contributed by atoms with E-state index in [2.05, 4.69) is 15.9 Å². The van der Waals surface area contributed by atoms with Gasteiger partial charge in [0.2, 0.25) is 0 Å². The van der Waals surface area contributed by atoms with Gasteiger partial charge in [0.1, 0.15) is 5.75 Å². The number of halogens is 1. The lowest BCUT2D eigenvalue weighted by molar-refractivity contribution is 0.355. The molecule has 0 bridgehead atoms. The Balaban J connectivity index is 2.44. The highest BCUT2D eigenvalue weighted by molar-refractivity contribution is 9.10. The quantitative estimate of drug-likeness (QED) is 0.723. The average Bonchev–Trinajstić information content (AvgIpc) is 2.60. The summed E-state index contributed by atoms with van der Waals surface area (Å²) in [4.78, 5) is 0.146. The molecule has 2 aromatic rings. The largest absolute Gasteiger partial charge is 0.496 e. The van der Waals surface area contributed by atoms with E-state index >= 15 is 0 Å². The summed E-state index contributed by atoms with van der Waals surface area (Å²) in [6.07, 6.45) is 0. The highest BCUT2D eigenvalue weighted by Gasteiger charge is 2.23. The number of benzene rings is 2. The molecule has 0 fully saturated rings. The van der Waals surface area contributed by atoms with Crippen LogP contribution in [0.3, 0.4) is 0 Å². The molecule has 24 heavy (non-hydrogen) atoms. The van der Waals surface area contributed by atoms with Crippen LogP contribution in [0, 0.1) is 0 Å². The molecule has 0 radical (unpaired) electrons. The summed E-state index contributed by atoms with van der Waals surface area (Å²) in [6, 6.07) is 9.51. The summed E-state index contributed by atoms with van der Waals surface area (Å²) in [5.41, 5.74) is 0.458. The maximum Gasteiger partial charge on any atom is 0.264 e. The number of hydrogen-bond donors (Lipinski definition) is 0. The first-order valence-corrected chi connectivity index (χ1v) is 9.13. The van der Waals surface area contributed by atoms with Crippen molar-refractivity contribution in [2.24, 2.45) is 0 Å². The summed E-state index contributed by atoms with van der Waals surface area (Å²) in [5.74, 6) is 1.54. The zero-order valence-corrected chi connectivity index (χ0v) is 16.1. The van der Waals surface area contributed by atoms with Crippen LogP contribution in [0.2, 0.25) is 0 Å². The molecule has 2 aromatic carbocycles. The molecule has 130 valence electrons. The van der Waals surface area contributed by atoms with Crippen LogP contribution in [0.1, 0.15) is 0 Å². The van der Waals surface area contributed by atoms with Gasteiger partial charge in [-0.3, -0.25) is 4.31 Å². The fourth-order valence-electron chi connectivity index (χ4n) is 2.13. The molecule has 8 heteroatoms. The standard InChI is InChI=1S/C16H18BrNO5S/c1-18(11-5-7-15(22-3)16(9-11)23-4)24(19,20)12-6-8-14(21-2)13(17)10-12/h5-10H,1-4H3. The molecule has 0 aromatic heterocycles. The minimum absolute atomic E-state index is 0.146. The number of anilines is 1. The minimum atomic E-state index is -3.73. The Morgan fingerprint density at radius 3 is 2.00 bits per heavy atom. The van der Waals surface area contributed by atoms with E-state index < -0.39 is 10.0 Å². The number of methoxy groups -OCH3 is 3. The maximum absolute atomic E-state index is 12.8. The van der Waals surface area contributed by atoms with Gasteiger partial charge in [-0.05, 0) is 46.3 Å². The van der Waals surface area contributed by atoms with Crippen molar-refractivity contribution in [3.8, 4) is 17.2 Å². The molecule has 0 spiro atoms. The Bertz CT molecular complexity index is 838. The Morgan fingerprint density at radius 2 is 1.46 bits per heavy atom. The van der Waals surface area contributed by atoms with Crippen molar-refractivity contribution >= 4 is 31.6 Å². The van der Waals surface area contributed by atoms with Gasteiger partial charge in [0.05, 0.1) is 36.4 Å². The van der Waals surface area contributed by atoms with E-state index in [1.165, 1.54) is 44.8 Å². The second-order valence-corrected chi connectivity index (χ2v) is 7.63. The van der Waals surface area contributed by atoms with Crippen molar-refractivity contribution in [2.45, 2.75) is 4.90 Å². The molecule has 0 aliphatic heterocycles. The number of ether oxygens (including phenoxy) is 3. The van der Waals surface area contributed by atoms with Gasteiger partial charge in [0, 0.05) is 13.1 Å². The van der Waals surface area contributed by atoms with Crippen molar-refractivity contribution in [1.82, 2.24) is 0 Å². The predicted molar refractivity (Wildman–Crippen MR) is 95.8 cm³/mol. The topological polar surface area (TPSA) is 65.1 Å². The number of nitrogens with zero attached hydrogens (tertiary/aromatic N) is 1. The fraction of sp³-hybridized carbons (Fsp3) is 0.250. The predicted octanol–water partition coefficient (Wildman–Crippen LogP) is 3.30. The first kappa shape index (κ1) is 18.4. The molecule has 0 aliphatic rings. The van der Waals surface area contributed by atoms with Gasteiger partial charge >= 0.3 is 0 Å². The van der Waals surface area contributed by atoms with E-state index in [1.54, 1.807) is 24.3 Å². The summed E-state index contributed by atoms with van der Waals surface area (Å²) < 4.78 is 42.9. The van der Waals surface area contributed by atoms with E-state index in [0.717, 1.165) is 0 Å². The molecule has 0 saturated heterocycles. The van der Waals surface area contributed by atoms with Crippen LogP contribution < -0.4 is 18.5 Å². The number of sulfonamides is 1. The van der Waals surface area contributed by atoms with Crippen LogP contribution in [0.5, 0.6) is 17.2 Å². The summed E-state index contributed by atoms with van der Waals surface area (Å²) in [7, 11) is 2.28. The van der Waals surface area contributed by atoms with Gasteiger partial charge < -0.3 is 14.2 Å². The van der Waals surface area contributed by atoms with Gasteiger partial charge in [-0.25, -0.2) is 8.42 Å². The van der Waals surface area contributed by atoms with Crippen molar-refractivity contribution < 1.29 is 22.6 Å². The lowest BCUT2D eigenvalue weighted by atomic mass is 10.3. The van der Waals surface area contributed by atoms with Crippen LogP contribution in [-0.4, -0.2) is 36.8 Å². The third kappa shape index (κ3) is 3.44. The van der Waals surface area contributed by atoms with E-state index in [0.29, 0.717) is 27.4 Å². The summed E-state index contributed by atoms with van der Waals surface area (Å²) >= 11 is 3.30. The average molecular weight is 416 g/mol. The van der Waals surface area contributed by atoms with E-state index in [1.807, 2.05) is 0 Å². The molecule has 0 saturated carbocycles. The molecule has 0 N–H and O–H groups in total. The van der Waals surface area contributed by atoms with Crippen LogP contribution in [-0.2, 0) is 10.0 Å². The van der Waals surface area contributed by atoms with Crippen LogP contribution in [0.4, 0.5) is 5.69 Å². The normalized spacial score (nSPS) is 11.0. The lowest BCUT2D eigenvalue weighted by Gasteiger charge is -2.21. The molecule has 0 unspecified atom stereocenters. The van der Waals surface area contributed by atoms with E-state index in [9.17, 15) is 8.42 Å². The lowest BCUT2D eigenvalue weighted by Crippen LogP contribution is -2.26. The van der Waals surface area contributed by atoms with Crippen molar-refractivity contribution in [3.63, 3.8) is 0 Å². The monoisotopic (exact) mass is 415 g/mol. The fourth-order valence-corrected chi connectivity index (χ4v) is 4.03. The molecule has 2 rings (SSSR count). The van der Waals surface area contributed by atoms with Gasteiger partial charge in [0.15, 0.2) is 11.5 Å². The number of rotatable bonds is 6. The zero-order valence-electron chi connectivity index (χ0n) is 13.7. The van der Waals surface area contributed by atoms with Gasteiger partial charge in [-0.15, -0.1) is 0 Å². The Hall–Kier alpha value is -1.93. The van der Waals surface area contributed by atoms with Crippen molar-refractivity contribution in [2.75, 3.05) is 32.7 Å². The first-order valence-electron chi connectivity index (χ1n) is 6.89. The van der Waals surface area contributed by atoms with Crippen molar-refractivity contribution in [3.05, 3.63) is 40.9 Å². The molecule has 6 nitrogen and oxygen atoms in total. The Labute approximate surface area is 150 Å². The highest BCUT2D eigenvalue weighted by Crippen LogP contribution is 2.34. The Kier molecular flexibility index (Phi) is 5.61. The highest BCUT2D eigenvalue weighted by atomic mass is 79.9. The maximum atomic E-state index is 12.8. The Morgan fingerprint density at radius 1 is 0.875 bits per heavy atom. The van der Waals surface area contributed by atoms with Gasteiger partial charge in [0.25, 0.3) is 10.0 Å². The molecule has 0 heterocycles. The minimum Gasteiger partial charge on any atom is -0.496 e. The smallest absolute Gasteiger partial charge is 0.264 e. The third-order valence-corrected chi connectivity index (χ3v) is 5.91. The van der Waals surface area contributed by atoms with E-state index in [4.69, 9.17) is 14.2 Å². The first-order chi connectivity index (χ1) is 11.3. The van der Waals surface area contributed by atoms with E-state index in [-0.39, 0.29) is 4.90 Å².